The number of para-hydroxylation sites is 1. The number of aromatic nitrogens is 1. The Balaban J connectivity index is 2.02. The summed E-state index contributed by atoms with van der Waals surface area (Å²) in [6.07, 6.45) is 4.16. The van der Waals surface area contributed by atoms with Crippen molar-refractivity contribution in [3.63, 3.8) is 0 Å². The second-order valence-electron chi connectivity index (χ2n) is 5.42. The van der Waals surface area contributed by atoms with E-state index in [4.69, 9.17) is 5.84 Å². The first-order valence-corrected chi connectivity index (χ1v) is 7.01. The number of nitrogens with zero attached hydrogens (tertiary/aromatic N) is 2. The van der Waals surface area contributed by atoms with Crippen molar-refractivity contribution in [3.8, 4) is 0 Å². The standard InChI is InChI=1S/C16H18N4O/c1-11-8-12-4-2-3-5-15(12)20(10-11)16(21)13-9-18-7-6-14(13)19-17/h2-7,9,11H,8,10,17H2,1H3,(H,18,19). The van der Waals surface area contributed by atoms with Crippen molar-refractivity contribution < 1.29 is 4.79 Å². The van der Waals surface area contributed by atoms with E-state index in [0.29, 0.717) is 23.7 Å². The Morgan fingerprint density at radius 2 is 2.19 bits per heavy atom. The monoisotopic (exact) mass is 282 g/mol. The third-order valence-electron chi connectivity index (χ3n) is 3.80. The van der Waals surface area contributed by atoms with Crippen LogP contribution in [-0.4, -0.2) is 17.4 Å². The molecule has 5 nitrogen and oxygen atoms in total. The summed E-state index contributed by atoms with van der Waals surface area (Å²) in [5.74, 6) is 5.84. The van der Waals surface area contributed by atoms with E-state index in [1.54, 1.807) is 18.5 Å². The third-order valence-corrected chi connectivity index (χ3v) is 3.80. The minimum atomic E-state index is -0.0740. The number of nitrogen functional groups attached to an aromatic ring is 1. The molecule has 0 bridgehead atoms. The average molecular weight is 282 g/mol. The predicted octanol–water partition coefficient (Wildman–Crippen LogP) is 2.21. The number of hydrogen-bond acceptors (Lipinski definition) is 4. The molecule has 0 saturated heterocycles. The summed E-state index contributed by atoms with van der Waals surface area (Å²) < 4.78 is 0. The summed E-state index contributed by atoms with van der Waals surface area (Å²) in [5, 5.41) is 0. The predicted molar refractivity (Wildman–Crippen MR) is 83.0 cm³/mol. The lowest BCUT2D eigenvalue weighted by atomic mass is 9.93. The fourth-order valence-electron chi connectivity index (χ4n) is 2.83. The molecule has 0 saturated carbocycles. The van der Waals surface area contributed by atoms with Crippen LogP contribution >= 0.6 is 0 Å². The summed E-state index contributed by atoms with van der Waals surface area (Å²) in [6.45, 7) is 2.86. The maximum atomic E-state index is 12.9. The topological polar surface area (TPSA) is 71.2 Å². The highest BCUT2D eigenvalue weighted by Crippen LogP contribution is 2.31. The van der Waals surface area contributed by atoms with Gasteiger partial charge in [-0.05, 0) is 30.0 Å². The number of nitrogens with one attached hydrogen (secondary N) is 1. The van der Waals surface area contributed by atoms with Crippen LogP contribution in [0.5, 0.6) is 0 Å². The first-order valence-electron chi connectivity index (χ1n) is 7.01. The van der Waals surface area contributed by atoms with Crippen LogP contribution in [0.1, 0.15) is 22.8 Å². The number of nitrogens with two attached hydrogens (primary N) is 1. The van der Waals surface area contributed by atoms with Gasteiger partial charge in [-0.15, -0.1) is 0 Å². The molecule has 1 atom stereocenters. The molecule has 0 aliphatic carbocycles. The minimum absolute atomic E-state index is 0.0740. The van der Waals surface area contributed by atoms with E-state index in [0.717, 1.165) is 12.1 Å². The largest absolute Gasteiger partial charge is 0.323 e. The van der Waals surface area contributed by atoms with Gasteiger partial charge in [0.15, 0.2) is 0 Å². The van der Waals surface area contributed by atoms with E-state index in [-0.39, 0.29) is 5.91 Å². The van der Waals surface area contributed by atoms with E-state index in [1.165, 1.54) is 5.56 Å². The first-order chi connectivity index (χ1) is 10.2. The van der Waals surface area contributed by atoms with Gasteiger partial charge in [-0.3, -0.25) is 15.6 Å². The van der Waals surface area contributed by atoms with Gasteiger partial charge in [0, 0.05) is 24.6 Å². The summed E-state index contributed by atoms with van der Waals surface area (Å²) >= 11 is 0. The molecule has 1 amide bonds. The Kier molecular flexibility index (Phi) is 3.58. The molecule has 1 unspecified atom stereocenters. The number of carbonyl (C=O) groups is 1. The first kappa shape index (κ1) is 13.6. The number of hydrogen-bond donors (Lipinski definition) is 2. The SMILES string of the molecule is CC1Cc2ccccc2N(C(=O)c2cnccc2NN)C1. The van der Waals surface area contributed by atoms with Crippen LogP contribution in [0.2, 0.25) is 0 Å². The number of pyridine rings is 1. The van der Waals surface area contributed by atoms with Gasteiger partial charge in [-0.1, -0.05) is 25.1 Å². The molecule has 3 N–H and O–H groups in total. The van der Waals surface area contributed by atoms with Crippen LogP contribution in [0.3, 0.4) is 0 Å². The highest BCUT2D eigenvalue weighted by molar-refractivity contribution is 6.09. The molecule has 108 valence electrons. The Morgan fingerprint density at radius 3 is 3.00 bits per heavy atom. The number of rotatable bonds is 2. The highest BCUT2D eigenvalue weighted by atomic mass is 16.2. The van der Waals surface area contributed by atoms with E-state index in [1.807, 2.05) is 23.1 Å². The number of fused-ring (bicyclic) bond motifs is 1. The zero-order valence-electron chi connectivity index (χ0n) is 11.9. The zero-order chi connectivity index (χ0) is 14.8. The van der Waals surface area contributed by atoms with Crippen LogP contribution in [0.15, 0.2) is 42.7 Å². The van der Waals surface area contributed by atoms with E-state index in [2.05, 4.69) is 23.4 Å². The quantitative estimate of drug-likeness (QED) is 0.654. The Morgan fingerprint density at radius 1 is 1.38 bits per heavy atom. The number of amides is 1. The molecule has 3 rings (SSSR count). The van der Waals surface area contributed by atoms with Gasteiger partial charge >= 0.3 is 0 Å². The van der Waals surface area contributed by atoms with E-state index in [9.17, 15) is 4.79 Å². The van der Waals surface area contributed by atoms with Crippen molar-refractivity contribution >= 4 is 17.3 Å². The lowest BCUT2D eigenvalue weighted by molar-refractivity contribution is 0.0981. The van der Waals surface area contributed by atoms with Gasteiger partial charge in [-0.2, -0.15) is 0 Å². The van der Waals surface area contributed by atoms with Crippen molar-refractivity contribution in [2.45, 2.75) is 13.3 Å². The van der Waals surface area contributed by atoms with Crippen molar-refractivity contribution in [2.24, 2.45) is 11.8 Å². The molecule has 1 aliphatic heterocycles. The number of carbonyl (C=O) groups excluding carboxylic acids is 1. The molecule has 5 heteroatoms. The summed E-state index contributed by atoms with van der Waals surface area (Å²) in [7, 11) is 0. The van der Waals surface area contributed by atoms with E-state index >= 15 is 0 Å². The fourth-order valence-corrected chi connectivity index (χ4v) is 2.83. The average Bonchev–Trinajstić information content (AvgIpc) is 2.53. The lowest BCUT2D eigenvalue weighted by Crippen LogP contribution is -2.39. The Hall–Kier alpha value is -2.40. The molecule has 2 aromatic rings. The maximum absolute atomic E-state index is 12.9. The minimum Gasteiger partial charge on any atom is -0.323 e. The summed E-state index contributed by atoms with van der Waals surface area (Å²) in [5.41, 5.74) is 5.83. The normalized spacial score (nSPS) is 17.2. The fraction of sp³-hybridized carbons (Fsp3) is 0.250. The van der Waals surface area contributed by atoms with Crippen LogP contribution in [0.4, 0.5) is 11.4 Å². The molecule has 0 fully saturated rings. The van der Waals surface area contributed by atoms with Crippen LogP contribution in [0.25, 0.3) is 0 Å². The number of anilines is 2. The second kappa shape index (κ2) is 5.54. The van der Waals surface area contributed by atoms with Crippen molar-refractivity contribution in [1.82, 2.24) is 4.98 Å². The van der Waals surface area contributed by atoms with Crippen LogP contribution < -0.4 is 16.2 Å². The van der Waals surface area contributed by atoms with Gasteiger partial charge < -0.3 is 10.3 Å². The van der Waals surface area contributed by atoms with Crippen LogP contribution in [-0.2, 0) is 6.42 Å². The van der Waals surface area contributed by atoms with Crippen molar-refractivity contribution in [2.75, 3.05) is 16.9 Å². The molecule has 1 aromatic carbocycles. The van der Waals surface area contributed by atoms with Gasteiger partial charge in [0.05, 0.1) is 11.3 Å². The molecular weight excluding hydrogens is 264 g/mol. The maximum Gasteiger partial charge on any atom is 0.262 e. The Labute approximate surface area is 123 Å². The Bertz CT molecular complexity index is 671. The number of hydrazine groups is 1. The van der Waals surface area contributed by atoms with Crippen molar-refractivity contribution in [1.29, 1.82) is 0 Å². The summed E-state index contributed by atoms with van der Waals surface area (Å²) in [6, 6.07) is 9.74. The van der Waals surface area contributed by atoms with Gasteiger partial charge in [-0.25, -0.2) is 0 Å². The highest BCUT2D eigenvalue weighted by Gasteiger charge is 2.28. The molecular formula is C16H18N4O. The molecule has 0 radical (unpaired) electrons. The smallest absolute Gasteiger partial charge is 0.262 e. The van der Waals surface area contributed by atoms with Gasteiger partial charge in [0.25, 0.3) is 5.91 Å². The molecule has 1 aliphatic rings. The lowest BCUT2D eigenvalue weighted by Gasteiger charge is -2.33. The molecule has 1 aromatic heterocycles. The van der Waals surface area contributed by atoms with Gasteiger partial charge in [0.2, 0.25) is 0 Å². The second-order valence-corrected chi connectivity index (χ2v) is 5.42. The van der Waals surface area contributed by atoms with Gasteiger partial charge in [0.1, 0.15) is 0 Å². The number of benzene rings is 1. The van der Waals surface area contributed by atoms with E-state index < -0.39 is 0 Å². The molecule has 21 heavy (non-hydrogen) atoms. The summed E-state index contributed by atoms with van der Waals surface area (Å²) in [4.78, 5) is 18.7. The molecule has 2 heterocycles. The third kappa shape index (κ3) is 2.48. The van der Waals surface area contributed by atoms with Crippen LogP contribution in [0, 0.1) is 5.92 Å². The van der Waals surface area contributed by atoms with Crippen molar-refractivity contribution in [3.05, 3.63) is 53.9 Å². The zero-order valence-corrected chi connectivity index (χ0v) is 11.9. The molecule has 0 spiro atoms.